The van der Waals surface area contributed by atoms with E-state index in [9.17, 15) is 19.5 Å². The predicted molar refractivity (Wildman–Crippen MR) is 91.6 cm³/mol. The maximum absolute atomic E-state index is 12.2. The first kappa shape index (κ1) is 20.1. The van der Waals surface area contributed by atoms with E-state index in [1.807, 2.05) is 0 Å². The normalized spacial score (nSPS) is 12.2. The van der Waals surface area contributed by atoms with E-state index in [2.05, 4.69) is 16.0 Å². The van der Waals surface area contributed by atoms with Gasteiger partial charge in [0.05, 0.1) is 22.2 Å². The Hall–Kier alpha value is -1.99. The van der Waals surface area contributed by atoms with Gasteiger partial charge in [0.2, 0.25) is 0 Å². The third kappa shape index (κ3) is 6.25. The van der Waals surface area contributed by atoms with Gasteiger partial charge < -0.3 is 21.1 Å². The molecule has 1 unspecified atom stereocenters. The summed E-state index contributed by atoms with van der Waals surface area (Å²) in [6.45, 7) is 5.04. The van der Waals surface area contributed by atoms with Gasteiger partial charge in [0.25, 0.3) is 5.91 Å². The lowest BCUT2D eigenvalue weighted by molar-refractivity contribution is -0.139. The van der Waals surface area contributed by atoms with E-state index in [1.165, 1.54) is 12.1 Å². The first-order valence-corrected chi connectivity index (χ1v) is 7.80. The first-order valence-electron chi connectivity index (χ1n) is 7.05. The average molecular weight is 376 g/mol. The van der Waals surface area contributed by atoms with Gasteiger partial charge in [-0.25, -0.2) is 9.59 Å². The number of carbonyl (C=O) groups excluding carboxylic acids is 2. The van der Waals surface area contributed by atoms with E-state index in [1.54, 1.807) is 26.8 Å². The van der Waals surface area contributed by atoms with Crippen molar-refractivity contribution in [2.45, 2.75) is 32.4 Å². The summed E-state index contributed by atoms with van der Waals surface area (Å²) < 4.78 is 0. The van der Waals surface area contributed by atoms with Crippen LogP contribution in [0, 0.1) is 0 Å². The van der Waals surface area contributed by atoms with Gasteiger partial charge in [-0.2, -0.15) is 0 Å². The number of aliphatic carboxylic acids is 1. The molecule has 0 aliphatic carbocycles. The summed E-state index contributed by atoms with van der Waals surface area (Å²) in [5, 5.41) is 16.7. The Bertz CT molecular complexity index is 624. The second-order valence-electron chi connectivity index (χ2n) is 6.05. The number of hydrogen-bond donors (Lipinski definition) is 4. The number of carboxylic acids is 1. The number of amides is 3. The van der Waals surface area contributed by atoms with E-state index in [0.29, 0.717) is 0 Å². The highest BCUT2D eigenvalue weighted by Crippen LogP contribution is 2.24. The molecule has 132 valence electrons. The molecule has 0 spiro atoms. The Morgan fingerprint density at radius 2 is 1.71 bits per heavy atom. The molecule has 0 saturated heterocycles. The second-order valence-corrected chi connectivity index (χ2v) is 6.86. The molecule has 0 heterocycles. The van der Waals surface area contributed by atoms with E-state index >= 15 is 0 Å². The number of benzene rings is 1. The lowest BCUT2D eigenvalue weighted by Crippen LogP contribution is -2.53. The summed E-state index contributed by atoms with van der Waals surface area (Å²) in [6.07, 6.45) is 0. The molecule has 0 radical (unpaired) electrons. The largest absolute Gasteiger partial charge is 0.480 e. The van der Waals surface area contributed by atoms with Gasteiger partial charge in [-0.3, -0.25) is 4.79 Å². The molecule has 1 rings (SSSR count). The first-order chi connectivity index (χ1) is 11.0. The fourth-order valence-corrected chi connectivity index (χ4v) is 2.29. The van der Waals surface area contributed by atoms with Gasteiger partial charge in [-0.05, 0) is 32.9 Å². The van der Waals surface area contributed by atoms with Crippen molar-refractivity contribution in [2.24, 2.45) is 0 Å². The van der Waals surface area contributed by atoms with Crippen LogP contribution in [0.3, 0.4) is 0 Å². The topological polar surface area (TPSA) is 108 Å². The van der Waals surface area contributed by atoms with Crippen molar-refractivity contribution in [1.82, 2.24) is 16.0 Å². The van der Waals surface area contributed by atoms with Crippen molar-refractivity contribution < 1.29 is 19.5 Å². The van der Waals surface area contributed by atoms with Crippen molar-refractivity contribution in [3.05, 3.63) is 33.8 Å². The molecule has 0 bridgehead atoms. The number of halogens is 2. The van der Waals surface area contributed by atoms with Crippen LogP contribution in [0.25, 0.3) is 0 Å². The van der Waals surface area contributed by atoms with E-state index in [4.69, 9.17) is 23.2 Å². The van der Waals surface area contributed by atoms with Crippen molar-refractivity contribution in [1.29, 1.82) is 0 Å². The fraction of sp³-hybridized carbons (Fsp3) is 0.400. The second kappa shape index (κ2) is 8.21. The molecule has 1 atom stereocenters. The summed E-state index contributed by atoms with van der Waals surface area (Å²) in [7, 11) is 0. The minimum atomic E-state index is -1.34. The molecule has 0 aromatic heterocycles. The number of rotatable bonds is 5. The number of nitrogens with one attached hydrogen (secondary N) is 3. The molecule has 0 aliphatic heterocycles. The average Bonchev–Trinajstić information content (AvgIpc) is 2.40. The molecule has 7 nitrogen and oxygen atoms in total. The quantitative estimate of drug-likeness (QED) is 0.632. The standard InChI is InChI=1S/C15H19Cl2N3O4/c1-15(2,3)20-14(24)18-7-10(13(22)23)19-12(21)11-8(16)5-4-6-9(11)17/h4-6,10H,7H2,1-3H3,(H,19,21)(H,22,23)(H2,18,20,24). The predicted octanol–water partition coefficient (Wildman–Crippen LogP) is 2.27. The van der Waals surface area contributed by atoms with Crippen LogP contribution in [0.2, 0.25) is 10.0 Å². The Kier molecular flexibility index (Phi) is 6.86. The highest BCUT2D eigenvalue weighted by molar-refractivity contribution is 6.39. The van der Waals surface area contributed by atoms with E-state index < -0.39 is 29.5 Å². The Labute approximate surface area is 149 Å². The van der Waals surface area contributed by atoms with Crippen LogP contribution in [-0.4, -0.2) is 41.1 Å². The molecule has 3 amide bonds. The maximum Gasteiger partial charge on any atom is 0.328 e. The Morgan fingerprint density at radius 3 is 2.17 bits per heavy atom. The highest BCUT2D eigenvalue weighted by Gasteiger charge is 2.24. The van der Waals surface area contributed by atoms with Crippen molar-refractivity contribution in [3.63, 3.8) is 0 Å². The lowest BCUT2D eigenvalue weighted by Gasteiger charge is -2.22. The van der Waals surface area contributed by atoms with Crippen LogP contribution >= 0.6 is 23.2 Å². The van der Waals surface area contributed by atoms with Crippen LogP contribution in [0.1, 0.15) is 31.1 Å². The fourth-order valence-electron chi connectivity index (χ4n) is 1.72. The van der Waals surface area contributed by atoms with Gasteiger partial charge in [0, 0.05) is 5.54 Å². The zero-order valence-electron chi connectivity index (χ0n) is 13.4. The van der Waals surface area contributed by atoms with Crippen LogP contribution in [-0.2, 0) is 4.79 Å². The number of carboxylic acid groups (broad SMARTS) is 1. The molecule has 0 aliphatic rings. The van der Waals surface area contributed by atoms with Crippen LogP contribution in [0.4, 0.5) is 4.79 Å². The Balaban J connectivity index is 2.75. The monoisotopic (exact) mass is 375 g/mol. The highest BCUT2D eigenvalue weighted by atomic mass is 35.5. The van der Waals surface area contributed by atoms with Crippen LogP contribution in [0.15, 0.2) is 18.2 Å². The number of hydrogen-bond acceptors (Lipinski definition) is 3. The van der Waals surface area contributed by atoms with Gasteiger partial charge >= 0.3 is 12.0 Å². The number of urea groups is 1. The van der Waals surface area contributed by atoms with Gasteiger partial charge in [-0.1, -0.05) is 29.3 Å². The molecule has 9 heteroatoms. The third-order valence-electron chi connectivity index (χ3n) is 2.75. The molecule has 0 saturated carbocycles. The van der Waals surface area contributed by atoms with Crippen molar-refractivity contribution in [3.8, 4) is 0 Å². The summed E-state index contributed by atoms with van der Waals surface area (Å²) >= 11 is 11.8. The molecular weight excluding hydrogens is 357 g/mol. The van der Waals surface area contributed by atoms with Crippen LogP contribution < -0.4 is 16.0 Å². The summed E-state index contributed by atoms with van der Waals surface area (Å²) in [5.41, 5.74) is -0.497. The van der Waals surface area contributed by atoms with Crippen molar-refractivity contribution >= 4 is 41.1 Å². The molecule has 4 N–H and O–H groups in total. The summed E-state index contributed by atoms with van der Waals surface area (Å²) in [5.74, 6) is -2.04. The molecular formula is C15H19Cl2N3O4. The van der Waals surface area contributed by atoms with Gasteiger partial charge in [-0.15, -0.1) is 0 Å². The van der Waals surface area contributed by atoms with E-state index in [-0.39, 0.29) is 22.2 Å². The molecule has 1 aromatic rings. The van der Waals surface area contributed by atoms with Crippen LogP contribution in [0.5, 0.6) is 0 Å². The summed E-state index contributed by atoms with van der Waals surface area (Å²) in [6, 6.07) is 2.61. The SMILES string of the molecule is CC(C)(C)NC(=O)NCC(NC(=O)c1c(Cl)cccc1Cl)C(=O)O. The van der Waals surface area contributed by atoms with Gasteiger partial charge in [0.15, 0.2) is 0 Å². The minimum absolute atomic E-state index is 0.0220. The Morgan fingerprint density at radius 1 is 1.17 bits per heavy atom. The van der Waals surface area contributed by atoms with Gasteiger partial charge in [0.1, 0.15) is 6.04 Å². The zero-order valence-corrected chi connectivity index (χ0v) is 15.0. The smallest absolute Gasteiger partial charge is 0.328 e. The lowest BCUT2D eigenvalue weighted by atomic mass is 10.1. The summed E-state index contributed by atoms with van der Waals surface area (Å²) in [4.78, 5) is 35.2. The number of carbonyl (C=O) groups is 3. The molecule has 0 fully saturated rings. The minimum Gasteiger partial charge on any atom is -0.480 e. The van der Waals surface area contributed by atoms with E-state index in [0.717, 1.165) is 0 Å². The van der Waals surface area contributed by atoms with Crippen molar-refractivity contribution in [2.75, 3.05) is 6.54 Å². The maximum atomic E-state index is 12.2. The molecule has 1 aromatic carbocycles. The zero-order chi connectivity index (χ0) is 18.5. The third-order valence-corrected chi connectivity index (χ3v) is 3.38. The molecule has 24 heavy (non-hydrogen) atoms.